The Morgan fingerprint density at radius 1 is 0.981 bits per heavy atom. The number of rotatable bonds is 19. The molecule has 8 N–H and O–H groups in total. The number of aliphatic carboxylic acids is 1. The Morgan fingerprint density at radius 2 is 1.64 bits per heavy atom. The molecule has 0 fully saturated rings. The average molecular weight is 739 g/mol. The lowest BCUT2D eigenvalue weighted by Crippen LogP contribution is -2.42. The maximum atomic E-state index is 12.8. The molecule has 3 aromatic rings. The van der Waals surface area contributed by atoms with E-state index < -0.39 is 59.8 Å². The third kappa shape index (κ3) is 12.1. The minimum absolute atomic E-state index is 0.0296. The van der Waals surface area contributed by atoms with Gasteiger partial charge in [0.2, 0.25) is 11.9 Å². The summed E-state index contributed by atoms with van der Waals surface area (Å²) in [5.74, 6) is -4.74. The molecule has 1 aromatic carbocycles. The van der Waals surface area contributed by atoms with Crippen LogP contribution < -0.4 is 32.6 Å². The second-order valence-electron chi connectivity index (χ2n) is 11.7. The highest BCUT2D eigenvalue weighted by Crippen LogP contribution is 2.13. The summed E-state index contributed by atoms with van der Waals surface area (Å²) in [5, 5.41) is 20.1. The van der Waals surface area contributed by atoms with Crippen LogP contribution in [0.1, 0.15) is 42.7 Å². The Balaban J connectivity index is 1.10. The molecule has 21 nitrogen and oxygen atoms in total. The van der Waals surface area contributed by atoms with E-state index in [0.717, 1.165) is 17.1 Å². The van der Waals surface area contributed by atoms with Gasteiger partial charge in [-0.2, -0.15) is 4.98 Å². The van der Waals surface area contributed by atoms with E-state index in [1.807, 2.05) is 0 Å². The summed E-state index contributed by atoms with van der Waals surface area (Å²) < 4.78 is 16.0. The third-order valence-corrected chi connectivity index (χ3v) is 7.29. The summed E-state index contributed by atoms with van der Waals surface area (Å²) in [4.78, 5) is 99.1. The number of alkyl carbamates (subject to hydrolysis) is 1. The van der Waals surface area contributed by atoms with E-state index in [0.29, 0.717) is 11.4 Å². The maximum absolute atomic E-state index is 12.8. The molecule has 0 bridgehead atoms. The lowest BCUT2D eigenvalue weighted by Gasteiger charge is -2.26. The Labute approximate surface area is 300 Å². The highest BCUT2D eigenvalue weighted by Gasteiger charge is 2.25. The molecule has 4 rings (SSSR count). The van der Waals surface area contributed by atoms with Gasteiger partial charge in [0.25, 0.3) is 23.3 Å². The fraction of sp³-hybridized carbons (Fsp3) is 0.375. The zero-order valence-electron chi connectivity index (χ0n) is 28.7. The van der Waals surface area contributed by atoms with Crippen molar-refractivity contribution in [3.05, 3.63) is 64.2 Å². The van der Waals surface area contributed by atoms with E-state index in [4.69, 9.17) is 19.9 Å². The molecule has 5 amide bonds. The zero-order valence-corrected chi connectivity index (χ0v) is 28.7. The fourth-order valence-electron chi connectivity index (χ4n) is 4.56. The minimum Gasteiger partial charge on any atom is -0.480 e. The summed E-state index contributed by atoms with van der Waals surface area (Å²) in [5.41, 5.74) is 6.41. The van der Waals surface area contributed by atoms with Gasteiger partial charge in [-0.3, -0.25) is 29.0 Å². The summed E-state index contributed by atoms with van der Waals surface area (Å²) in [7, 11) is 0. The molecule has 1 aliphatic rings. The van der Waals surface area contributed by atoms with Gasteiger partial charge in [-0.05, 0) is 44.5 Å². The van der Waals surface area contributed by atoms with Crippen LogP contribution >= 0.6 is 0 Å². The SMILES string of the molecule is CC(C)(OCCNC(=O)CC[C@H](NC(=O)c1ccc(NCc2cnc3nc(N)[nH]c(=O)c3n2)cc1)C(=O)O)OCCNC(=O)OCN1C(=O)C=CC1=O. The zero-order chi connectivity index (χ0) is 38.5. The van der Waals surface area contributed by atoms with E-state index in [9.17, 15) is 38.7 Å². The molecular weight excluding hydrogens is 700 g/mol. The van der Waals surface area contributed by atoms with Gasteiger partial charge in [-0.1, -0.05) is 0 Å². The Bertz CT molecular complexity index is 1910. The predicted octanol–water partition coefficient (Wildman–Crippen LogP) is -0.635. The van der Waals surface area contributed by atoms with E-state index in [1.54, 1.807) is 26.0 Å². The van der Waals surface area contributed by atoms with Crippen LogP contribution in [-0.4, -0.2) is 110 Å². The van der Waals surface area contributed by atoms with Crippen LogP contribution in [0, 0.1) is 0 Å². The normalized spacial score (nSPS) is 13.1. The van der Waals surface area contributed by atoms with Crippen molar-refractivity contribution in [2.75, 3.05) is 44.1 Å². The first-order valence-corrected chi connectivity index (χ1v) is 16.1. The number of hydrogen-bond acceptors (Lipinski definition) is 15. The molecule has 0 spiro atoms. The number of carbonyl (C=O) groups is 6. The first-order valence-electron chi connectivity index (χ1n) is 16.1. The monoisotopic (exact) mass is 738 g/mol. The molecule has 3 heterocycles. The van der Waals surface area contributed by atoms with Gasteiger partial charge in [-0.15, -0.1) is 0 Å². The van der Waals surface area contributed by atoms with Crippen LogP contribution in [0.5, 0.6) is 0 Å². The van der Waals surface area contributed by atoms with Crippen LogP contribution in [0.15, 0.2) is 47.4 Å². The van der Waals surface area contributed by atoms with Gasteiger partial charge in [0.1, 0.15) is 6.04 Å². The molecule has 282 valence electrons. The summed E-state index contributed by atoms with van der Waals surface area (Å²) in [6, 6.07) is 4.86. The number of aromatic amines is 1. The molecule has 0 saturated carbocycles. The number of H-pyrrole nitrogens is 1. The number of carboxylic acids is 1. The molecule has 0 unspecified atom stereocenters. The Kier molecular flexibility index (Phi) is 13.5. The van der Waals surface area contributed by atoms with Gasteiger partial charge in [0, 0.05) is 42.9 Å². The fourth-order valence-corrected chi connectivity index (χ4v) is 4.56. The van der Waals surface area contributed by atoms with Crippen LogP contribution in [0.25, 0.3) is 11.2 Å². The summed E-state index contributed by atoms with van der Waals surface area (Å²) >= 11 is 0. The Morgan fingerprint density at radius 3 is 2.30 bits per heavy atom. The molecule has 21 heteroatoms. The lowest BCUT2D eigenvalue weighted by molar-refractivity contribution is -0.211. The number of carbonyl (C=O) groups excluding carboxylic acids is 5. The van der Waals surface area contributed by atoms with E-state index in [-0.39, 0.29) is 68.4 Å². The number of nitrogens with zero attached hydrogens (tertiary/aromatic N) is 4. The molecule has 0 radical (unpaired) electrons. The van der Waals surface area contributed by atoms with Crippen molar-refractivity contribution in [3.8, 4) is 0 Å². The smallest absolute Gasteiger partial charge is 0.408 e. The van der Waals surface area contributed by atoms with Gasteiger partial charge in [0.15, 0.2) is 23.7 Å². The number of carboxylic acid groups (broad SMARTS) is 1. The third-order valence-electron chi connectivity index (χ3n) is 7.29. The number of fused-ring (bicyclic) bond motifs is 1. The van der Waals surface area contributed by atoms with Crippen LogP contribution in [0.4, 0.5) is 16.4 Å². The highest BCUT2D eigenvalue weighted by molar-refractivity contribution is 6.12. The molecule has 0 saturated heterocycles. The molecule has 1 atom stereocenters. The van der Waals surface area contributed by atoms with E-state index >= 15 is 0 Å². The average Bonchev–Trinajstić information content (AvgIpc) is 3.44. The predicted molar refractivity (Wildman–Crippen MR) is 184 cm³/mol. The number of aromatic nitrogens is 4. The summed E-state index contributed by atoms with van der Waals surface area (Å²) in [6.45, 7) is 3.12. The largest absolute Gasteiger partial charge is 0.480 e. The molecule has 0 aliphatic carbocycles. The van der Waals surface area contributed by atoms with Crippen LogP contribution in [-0.2, 0) is 39.9 Å². The van der Waals surface area contributed by atoms with Gasteiger partial charge < -0.3 is 46.3 Å². The number of nitrogen functional groups attached to an aromatic ring is 1. The van der Waals surface area contributed by atoms with E-state index in [2.05, 4.69) is 41.2 Å². The van der Waals surface area contributed by atoms with Crippen molar-refractivity contribution < 1.29 is 48.1 Å². The number of ether oxygens (including phenoxy) is 3. The number of imide groups is 1. The number of anilines is 2. The molecule has 2 aromatic heterocycles. The van der Waals surface area contributed by atoms with Crippen LogP contribution in [0.3, 0.4) is 0 Å². The van der Waals surface area contributed by atoms with Crippen molar-refractivity contribution in [1.29, 1.82) is 0 Å². The minimum atomic E-state index is -1.33. The molecule has 53 heavy (non-hydrogen) atoms. The van der Waals surface area contributed by atoms with Crippen LogP contribution in [0.2, 0.25) is 0 Å². The number of benzene rings is 1. The lowest BCUT2D eigenvalue weighted by atomic mass is 10.1. The Hall–Kier alpha value is -6.48. The first-order chi connectivity index (χ1) is 25.2. The number of amides is 5. The number of hydrogen-bond donors (Lipinski definition) is 7. The molecular formula is C32H38N10O11. The van der Waals surface area contributed by atoms with Gasteiger partial charge in [-0.25, -0.2) is 24.5 Å². The van der Waals surface area contributed by atoms with Crippen molar-refractivity contribution in [3.63, 3.8) is 0 Å². The topological polar surface area (TPSA) is 299 Å². The second-order valence-corrected chi connectivity index (χ2v) is 11.7. The second kappa shape index (κ2) is 18.1. The van der Waals surface area contributed by atoms with Gasteiger partial charge in [0.05, 0.1) is 31.6 Å². The van der Waals surface area contributed by atoms with Gasteiger partial charge >= 0.3 is 12.1 Å². The van der Waals surface area contributed by atoms with E-state index in [1.165, 1.54) is 18.3 Å². The standard InChI is InChI=1S/C32H38N10O11/c1-32(2,53-14-12-35-31(50)51-17-42-23(44)9-10-24(42)45)52-13-11-34-22(43)8-7-21(29(48)49)39-27(46)18-3-5-19(6-4-18)36-15-20-16-37-26-25(38-20)28(47)41-30(33)40-26/h3-6,9-10,16,21,36H,7-8,11-15,17H2,1-2H3,(H,34,43)(H,35,50)(H,39,46)(H,48,49)(H3,33,37,40,41,47)/t21-/m0/s1. The first kappa shape index (κ1) is 39.3. The van der Waals surface area contributed by atoms with Crippen molar-refractivity contribution in [1.82, 2.24) is 40.8 Å². The quantitative estimate of drug-likeness (QED) is 0.0457. The number of nitrogens with one attached hydrogen (secondary N) is 5. The number of nitrogens with two attached hydrogens (primary N) is 1. The summed E-state index contributed by atoms with van der Waals surface area (Å²) in [6.07, 6.45) is 2.37. The van der Waals surface area contributed by atoms with Crippen molar-refractivity contribution in [2.24, 2.45) is 0 Å². The highest BCUT2D eigenvalue weighted by atomic mass is 16.7. The maximum Gasteiger partial charge on any atom is 0.408 e. The van der Waals surface area contributed by atoms with Crippen molar-refractivity contribution in [2.45, 2.75) is 45.1 Å². The molecule has 1 aliphatic heterocycles. The van der Waals surface area contributed by atoms with Crippen molar-refractivity contribution >= 4 is 58.5 Å².